The van der Waals surface area contributed by atoms with Crippen molar-refractivity contribution in [3.63, 3.8) is 0 Å². The molecule has 2 saturated heterocycles. The van der Waals surface area contributed by atoms with Gasteiger partial charge in [-0.05, 0) is 38.5 Å². The lowest BCUT2D eigenvalue weighted by atomic mass is 9.98. The lowest BCUT2D eigenvalue weighted by molar-refractivity contribution is -0.332. The van der Waals surface area contributed by atoms with E-state index in [0.717, 1.165) is 57.8 Å². The van der Waals surface area contributed by atoms with Gasteiger partial charge in [0, 0.05) is 12.8 Å². The highest BCUT2D eigenvalue weighted by Gasteiger charge is 2.47. The number of allylic oxidation sites excluding steroid dienone is 2. The van der Waals surface area contributed by atoms with Crippen LogP contribution in [0.2, 0.25) is 0 Å². The lowest BCUT2D eigenvalue weighted by Gasteiger charge is -2.42. The Kier molecular flexibility index (Phi) is 30.6. The molecule has 352 valence electrons. The van der Waals surface area contributed by atoms with Gasteiger partial charge in [0.1, 0.15) is 55.4 Å². The van der Waals surface area contributed by atoms with Gasteiger partial charge in [-0.1, -0.05) is 129 Å². The highest BCUT2D eigenvalue weighted by atomic mass is 16.7. The number of ether oxygens (including phenoxy) is 6. The molecule has 2 rings (SSSR count). The van der Waals surface area contributed by atoms with E-state index in [1.165, 1.54) is 70.6 Å². The third-order valence-electron chi connectivity index (χ3n) is 11.2. The van der Waals surface area contributed by atoms with Crippen LogP contribution in [0.4, 0.5) is 0 Å². The molecule has 0 amide bonds. The third kappa shape index (κ3) is 22.5. The first-order chi connectivity index (χ1) is 29.0. The van der Waals surface area contributed by atoms with E-state index < -0.39 is 92.7 Å². The molecule has 11 atom stereocenters. The molecule has 0 aliphatic carbocycles. The van der Waals surface area contributed by atoms with E-state index in [4.69, 9.17) is 28.4 Å². The zero-order valence-corrected chi connectivity index (χ0v) is 36.7. The number of aliphatic hydroxyl groups is 7. The molecule has 0 aromatic carbocycles. The van der Waals surface area contributed by atoms with Gasteiger partial charge in [-0.25, -0.2) is 0 Å². The minimum Gasteiger partial charge on any atom is -0.462 e. The topological polar surface area (TPSA) is 231 Å². The van der Waals surface area contributed by atoms with Crippen molar-refractivity contribution in [2.45, 2.75) is 235 Å². The number of unbranched alkanes of at least 4 members (excludes halogenated alkanes) is 19. The number of rotatable bonds is 35. The van der Waals surface area contributed by atoms with Gasteiger partial charge in [0.15, 0.2) is 18.7 Å². The van der Waals surface area contributed by atoms with Crippen molar-refractivity contribution in [2.75, 3.05) is 26.4 Å². The molecule has 2 heterocycles. The predicted molar refractivity (Wildman–Crippen MR) is 224 cm³/mol. The van der Waals surface area contributed by atoms with E-state index in [9.17, 15) is 45.3 Å². The molecule has 0 aromatic rings. The second-order valence-corrected chi connectivity index (χ2v) is 16.6. The van der Waals surface area contributed by atoms with Gasteiger partial charge in [-0.3, -0.25) is 9.59 Å². The Labute approximate surface area is 359 Å². The van der Waals surface area contributed by atoms with Gasteiger partial charge < -0.3 is 64.2 Å². The molecular formula is C45H82O15. The average molecular weight is 863 g/mol. The van der Waals surface area contributed by atoms with Gasteiger partial charge in [-0.2, -0.15) is 0 Å². The summed E-state index contributed by atoms with van der Waals surface area (Å²) in [5.74, 6) is -0.934. The Bertz CT molecular complexity index is 1110. The van der Waals surface area contributed by atoms with Crippen molar-refractivity contribution in [3.8, 4) is 0 Å². The molecule has 0 saturated carbocycles. The minimum atomic E-state index is -1.76. The predicted octanol–water partition coefficient (Wildman–Crippen LogP) is 5.04. The van der Waals surface area contributed by atoms with Gasteiger partial charge >= 0.3 is 11.9 Å². The average Bonchev–Trinajstić information content (AvgIpc) is 3.24. The Hall–Kier alpha value is -1.76. The van der Waals surface area contributed by atoms with Gasteiger partial charge in [0.25, 0.3) is 0 Å². The normalized spacial score (nSPS) is 27.6. The van der Waals surface area contributed by atoms with Crippen LogP contribution in [0, 0.1) is 0 Å². The Balaban J connectivity index is 1.85. The standard InChI is InChI=1S/C45H82O15/c1-3-5-7-9-11-13-14-15-16-17-18-20-22-24-26-28-37(48)58-33(30-55-36(47)27-25-23-21-19-12-10-8-6-4-2)31-56-44-43(54)41(52)39(50)35(60-44)32-57-45-42(53)40(51)38(49)34(29-46)59-45/h15-16,33-35,38-46,49-54H,3-14,17-32H2,1-2H3/b16-15-. The Morgan fingerprint density at radius 2 is 0.950 bits per heavy atom. The Morgan fingerprint density at radius 3 is 1.47 bits per heavy atom. The fourth-order valence-corrected chi connectivity index (χ4v) is 7.33. The SMILES string of the molecule is CCCCCCCC/C=C\CCCCCCCC(=O)OC(COC(=O)CCCCCCCCCCC)COC1OC(COC2OC(CO)C(O)C(O)C2O)C(O)C(O)C1O. The minimum absolute atomic E-state index is 0.159. The summed E-state index contributed by atoms with van der Waals surface area (Å²) in [6.07, 6.45) is 12.6. The zero-order valence-electron chi connectivity index (χ0n) is 36.7. The Morgan fingerprint density at radius 1 is 0.517 bits per heavy atom. The van der Waals surface area contributed by atoms with Crippen LogP contribution in [0.3, 0.4) is 0 Å². The van der Waals surface area contributed by atoms with Crippen molar-refractivity contribution in [3.05, 3.63) is 12.2 Å². The summed E-state index contributed by atoms with van der Waals surface area (Å²) < 4.78 is 33.4. The van der Waals surface area contributed by atoms with Gasteiger partial charge in [0.2, 0.25) is 0 Å². The molecule has 2 fully saturated rings. The van der Waals surface area contributed by atoms with Crippen LogP contribution in [-0.4, -0.2) is 142 Å². The van der Waals surface area contributed by atoms with Gasteiger partial charge in [0.05, 0.1) is 19.8 Å². The number of hydrogen-bond donors (Lipinski definition) is 7. The number of esters is 2. The second-order valence-electron chi connectivity index (χ2n) is 16.6. The molecule has 2 aliphatic rings. The summed E-state index contributed by atoms with van der Waals surface area (Å²) in [6.45, 7) is 2.54. The molecule has 60 heavy (non-hydrogen) atoms. The summed E-state index contributed by atoms with van der Waals surface area (Å²) in [6, 6.07) is 0. The van der Waals surface area contributed by atoms with E-state index in [1.54, 1.807) is 0 Å². The lowest BCUT2D eigenvalue weighted by Crippen LogP contribution is -2.61. The first-order valence-corrected chi connectivity index (χ1v) is 23.3. The number of carbonyl (C=O) groups is 2. The molecule has 2 aliphatic heterocycles. The van der Waals surface area contributed by atoms with E-state index in [-0.39, 0.29) is 26.1 Å². The number of carbonyl (C=O) groups excluding carboxylic acids is 2. The number of hydrogen-bond acceptors (Lipinski definition) is 15. The zero-order chi connectivity index (χ0) is 44.0. The van der Waals surface area contributed by atoms with Crippen LogP contribution in [0.5, 0.6) is 0 Å². The van der Waals surface area contributed by atoms with Crippen LogP contribution < -0.4 is 0 Å². The summed E-state index contributed by atoms with van der Waals surface area (Å²) in [5.41, 5.74) is 0. The first-order valence-electron chi connectivity index (χ1n) is 23.3. The van der Waals surface area contributed by atoms with Crippen molar-refractivity contribution < 1.29 is 73.8 Å². The maximum atomic E-state index is 12.9. The quantitative estimate of drug-likeness (QED) is 0.0252. The van der Waals surface area contributed by atoms with Crippen molar-refractivity contribution in [2.24, 2.45) is 0 Å². The highest BCUT2D eigenvalue weighted by Crippen LogP contribution is 2.26. The number of aliphatic hydroxyl groups excluding tert-OH is 7. The van der Waals surface area contributed by atoms with E-state index in [0.29, 0.717) is 12.8 Å². The van der Waals surface area contributed by atoms with Crippen LogP contribution in [0.25, 0.3) is 0 Å². The second kappa shape index (κ2) is 33.8. The summed E-state index contributed by atoms with van der Waals surface area (Å²) in [7, 11) is 0. The van der Waals surface area contributed by atoms with Crippen molar-refractivity contribution in [1.29, 1.82) is 0 Å². The molecule has 0 bridgehead atoms. The summed E-state index contributed by atoms with van der Waals surface area (Å²) >= 11 is 0. The van der Waals surface area contributed by atoms with E-state index in [2.05, 4.69) is 26.0 Å². The monoisotopic (exact) mass is 863 g/mol. The van der Waals surface area contributed by atoms with Crippen LogP contribution >= 0.6 is 0 Å². The molecule has 0 aromatic heterocycles. The molecular weight excluding hydrogens is 780 g/mol. The highest BCUT2D eigenvalue weighted by molar-refractivity contribution is 5.70. The van der Waals surface area contributed by atoms with Gasteiger partial charge in [-0.15, -0.1) is 0 Å². The van der Waals surface area contributed by atoms with E-state index >= 15 is 0 Å². The first kappa shape index (κ1) is 54.4. The third-order valence-corrected chi connectivity index (χ3v) is 11.2. The summed E-state index contributed by atoms with van der Waals surface area (Å²) in [4.78, 5) is 25.6. The maximum Gasteiger partial charge on any atom is 0.306 e. The van der Waals surface area contributed by atoms with E-state index in [1.807, 2.05) is 0 Å². The van der Waals surface area contributed by atoms with Crippen LogP contribution in [0.15, 0.2) is 12.2 Å². The largest absolute Gasteiger partial charge is 0.462 e. The molecule has 7 N–H and O–H groups in total. The summed E-state index contributed by atoms with van der Waals surface area (Å²) in [5, 5.41) is 71.8. The molecule has 15 heteroatoms. The molecule has 15 nitrogen and oxygen atoms in total. The molecule has 11 unspecified atom stereocenters. The maximum absolute atomic E-state index is 12.9. The molecule has 0 radical (unpaired) electrons. The fourth-order valence-electron chi connectivity index (χ4n) is 7.33. The fraction of sp³-hybridized carbons (Fsp3) is 0.911. The van der Waals surface area contributed by atoms with Crippen molar-refractivity contribution >= 4 is 11.9 Å². The smallest absolute Gasteiger partial charge is 0.306 e. The van der Waals surface area contributed by atoms with Crippen molar-refractivity contribution in [1.82, 2.24) is 0 Å². The van der Waals surface area contributed by atoms with Crippen LogP contribution in [-0.2, 0) is 38.0 Å². The molecule has 0 spiro atoms. The van der Waals surface area contributed by atoms with Crippen LogP contribution in [0.1, 0.15) is 168 Å².